The molecule has 9 nitrogen and oxygen atoms in total. The van der Waals surface area contributed by atoms with Gasteiger partial charge in [0, 0.05) is 0 Å². The van der Waals surface area contributed by atoms with E-state index in [9.17, 15) is 28.6 Å². The summed E-state index contributed by atoms with van der Waals surface area (Å²) in [5.74, 6) is -0.491. The minimum Gasteiger partial charge on any atom is -0.532 e. The number of hydrogen-bond acceptors (Lipinski definition) is 8. The monoisotopic (exact) mass is 254 g/mol. The van der Waals surface area contributed by atoms with Crippen LogP contribution in [0, 0.1) is 20.2 Å². The topological polar surface area (TPSA) is 130 Å². The first kappa shape index (κ1) is 15.4. The normalized spacial score (nSPS) is 9.47. The summed E-state index contributed by atoms with van der Waals surface area (Å²) in [6.07, 6.45) is 0. The van der Waals surface area contributed by atoms with E-state index in [4.69, 9.17) is 0 Å². The third-order valence-corrected chi connectivity index (χ3v) is 1.79. The van der Waals surface area contributed by atoms with E-state index in [0.717, 1.165) is 12.1 Å². The Kier molecular flexibility index (Phi) is 5.59. The van der Waals surface area contributed by atoms with Crippen molar-refractivity contribution in [1.82, 2.24) is 0 Å². The predicted octanol–water partition coefficient (Wildman–Crippen LogP) is -1.89. The van der Waals surface area contributed by atoms with Gasteiger partial charge in [0.05, 0.1) is 28.0 Å². The van der Waals surface area contributed by atoms with E-state index in [1.54, 1.807) is 0 Å². The van der Waals surface area contributed by atoms with Crippen molar-refractivity contribution in [2.24, 2.45) is 0 Å². The number of benzene rings is 1. The maximum Gasteiger partial charge on any atom is 1.00 e. The largest absolute Gasteiger partial charge is 1.00 e. The van der Waals surface area contributed by atoms with E-state index >= 15 is 0 Å². The van der Waals surface area contributed by atoms with Crippen molar-refractivity contribution < 1.29 is 41.3 Å². The summed E-state index contributed by atoms with van der Waals surface area (Å²) in [4.78, 5) is 19.0. The fourth-order valence-electron chi connectivity index (χ4n) is 0.906. The van der Waals surface area contributed by atoms with Gasteiger partial charge in [0.1, 0.15) is 16.7 Å². The Balaban J connectivity index is 0.00000256. The Morgan fingerprint density at radius 2 is 1.41 bits per heavy atom. The van der Waals surface area contributed by atoms with Crippen LogP contribution in [0.1, 0.15) is 0 Å². The number of hydrogen-bond donors (Lipinski definition) is 0. The van der Waals surface area contributed by atoms with Crippen LogP contribution in [0.4, 0.5) is 11.4 Å². The third-order valence-electron chi connectivity index (χ3n) is 1.46. The van der Waals surface area contributed by atoms with E-state index in [0.29, 0.717) is 6.07 Å². The Morgan fingerprint density at radius 1 is 1.00 bits per heavy atom. The Labute approximate surface area is 108 Å². The molecular formula is C6H3LiN2O7S. The van der Waals surface area contributed by atoms with Gasteiger partial charge in [0.25, 0.3) is 11.4 Å². The van der Waals surface area contributed by atoms with E-state index in [1.165, 1.54) is 0 Å². The summed E-state index contributed by atoms with van der Waals surface area (Å²) in [6, 6.07) is 2.23. The second kappa shape index (κ2) is 6.19. The molecule has 0 aliphatic carbocycles. The first-order chi connectivity index (χ1) is 7.40. The zero-order valence-corrected chi connectivity index (χ0v) is 9.21. The molecule has 0 aliphatic heterocycles. The maximum absolute atomic E-state index is 10.4. The molecule has 0 saturated carbocycles. The standard InChI is InChI=1S/C6H3N2O7S.Li/c9-7(10)4-1-5(8(11)12)3-6(2-4)15-16(13)14;/h1-3H;/q-1;+1. The molecule has 0 aromatic heterocycles. The average Bonchev–Trinajstić information content (AvgIpc) is 2.15. The predicted molar refractivity (Wildman–Crippen MR) is 49.1 cm³/mol. The number of non-ortho nitro benzene ring substituents is 2. The Hall–Kier alpha value is -1.63. The Bertz CT molecular complexity index is 489. The van der Waals surface area contributed by atoms with E-state index in [1.807, 2.05) is 0 Å². The van der Waals surface area contributed by atoms with Gasteiger partial charge in [-0.3, -0.25) is 20.2 Å². The van der Waals surface area contributed by atoms with Gasteiger partial charge >= 0.3 is 18.9 Å². The zero-order chi connectivity index (χ0) is 12.3. The molecule has 0 amide bonds. The van der Waals surface area contributed by atoms with Crippen molar-refractivity contribution in [2.45, 2.75) is 0 Å². The molecule has 0 N–H and O–H groups in total. The third kappa shape index (κ3) is 4.39. The fourth-order valence-corrected chi connectivity index (χ4v) is 1.16. The van der Waals surface area contributed by atoms with Gasteiger partial charge in [-0.2, -0.15) is 0 Å². The second-order valence-corrected chi connectivity index (χ2v) is 3.06. The molecule has 0 unspecified atom stereocenters. The smallest absolute Gasteiger partial charge is 0.532 e. The second-order valence-electron chi connectivity index (χ2n) is 2.49. The summed E-state index contributed by atoms with van der Waals surface area (Å²) < 4.78 is 24.4. The van der Waals surface area contributed by atoms with Gasteiger partial charge in [-0.15, -0.1) is 0 Å². The summed E-state index contributed by atoms with van der Waals surface area (Å²) in [7, 11) is -2.95. The van der Waals surface area contributed by atoms with Crippen LogP contribution in [0.5, 0.6) is 5.75 Å². The molecule has 0 aliphatic rings. The van der Waals surface area contributed by atoms with Gasteiger partial charge in [0.15, 0.2) is 0 Å². The molecule has 17 heavy (non-hydrogen) atoms. The SMILES string of the molecule is O=[N+]([O-])c1cc(O[S-](=O)=O)cc([N+](=O)[O-])c1.[Li+]. The fraction of sp³-hybridized carbons (Fsp3) is 0. The molecule has 0 fully saturated rings. The van der Waals surface area contributed by atoms with Crippen molar-refractivity contribution in [3.8, 4) is 5.75 Å². The molecule has 0 atom stereocenters. The van der Waals surface area contributed by atoms with Gasteiger partial charge in [-0.1, -0.05) is 0 Å². The van der Waals surface area contributed by atoms with Crippen LogP contribution >= 0.6 is 0 Å². The van der Waals surface area contributed by atoms with Gasteiger partial charge in [-0.05, 0) is 0 Å². The van der Waals surface area contributed by atoms with E-state index < -0.39 is 38.0 Å². The number of rotatable bonds is 4. The molecule has 0 radical (unpaired) electrons. The average molecular weight is 254 g/mol. The number of nitro benzene ring substituents is 2. The quantitative estimate of drug-likeness (QED) is 0.265. The summed E-state index contributed by atoms with van der Waals surface area (Å²) in [5.41, 5.74) is -1.26. The summed E-state index contributed by atoms with van der Waals surface area (Å²) in [6.45, 7) is 0. The number of nitro groups is 2. The van der Waals surface area contributed by atoms with Crippen molar-refractivity contribution in [2.75, 3.05) is 0 Å². The van der Waals surface area contributed by atoms with Crippen molar-refractivity contribution >= 4 is 22.4 Å². The van der Waals surface area contributed by atoms with E-state index in [2.05, 4.69) is 4.18 Å². The summed E-state index contributed by atoms with van der Waals surface area (Å²) >= 11 is 0. The molecular weight excluding hydrogens is 251 g/mol. The van der Waals surface area contributed by atoms with Crippen molar-refractivity contribution in [3.63, 3.8) is 0 Å². The van der Waals surface area contributed by atoms with Crippen LogP contribution < -0.4 is 23.0 Å². The molecule has 0 bridgehead atoms. The van der Waals surface area contributed by atoms with Gasteiger partial charge < -0.3 is 12.6 Å². The van der Waals surface area contributed by atoms with E-state index in [-0.39, 0.29) is 18.9 Å². The van der Waals surface area contributed by atoms with Crippen LogP contribution in [-0.2, 0) is 19.4 Å². The minimum absolute atomic E-state index is 0. The van der Waals surface area contributed by atoms with Crippen LogP contribution in [0.3, 0.4) is 0 Å². The summed E-state index contributed by atoms with van der Waals surface area (Å²) in [5, 5.41) is 20.8. The van der Waals surface area contributed by atoms with Crippen LogP contribution in [0.25, 0.3) is 0 Å². The van der Waals surface area contributed by atoms with Gasteiger partial charge in [-0.25, -0.2) is 0 Å². The van der Waals surface area contributed by atoms with Crippen molar-refractivity contribution in [3.05, 3.63) is 38.4 Å². The molecule has 11 heteroatoms. The van der Waals surface area contributed by atoms with Crippen LogP contribution in [0.2, 0.25) is 0 Å². The first-order valence-corrected chi connectivity index (χ1v) is 4.61. The van der Waals surface area contributed by atoms with Crippen molar-refractivity contribution in [1.29, 1.82) is 0 Å². The van der Waals surface area contributed by atoms with Gasteiger partial charge in [0.2, 0.25) is 0 Å². The molecule has 1 rings (SSSR count). The Morgan fingerprint density at radius 3 is 1.71 bits per heavy atom. The molecule has 0 spiro atoms. The maximum atomic E-state index is 10.4. The first-order valence-electron chi connectivity index (χ1n) is 3.61. The van der Waals surface area contributed by atoms with Crippen LogP contribution in [-0.4, -0.2) is 9.85 Å². The molecule has 0 heterocycles. The number of nitrogens with zero attached hydrogens (tertiary/aromatic N) is 2. The molecule has 1 aromatic carbocycles. The molecule has 0 saturated heterocycles. The molecule has 1 aromatic rings. The molecule has 86 valence electrons. The minimum atomic E-state index is -2.95. The van der Waals surface area contributed by atoms with Crippen LogP contribution in [0.15, 0.2) is 18.2 Å². The zero-order valence-electron chi connectivity index (χ0n) is 8.39.